The number of benzene rings is 3. The van der Waals surface area contributed by atoms with Gasteiger partial charge in [-0.05, 0) is 119 Å². The van der Waals surface area contributed by atoms with Gasteiger partial charge in [0.1, 0.15) is 23.2 Å². The number of aliphatic carboxylic acids is 1. The van der Waals surface area contributed by atoms with Gasteiger partial charge in [-0.3, -0.25) is 14.2 Å². The molecule has 1 atom stereocenters. The van der Waals surface area contributed by atoms with Crippen molar-refractivity contribution < 1.29 is 32.0 Å². The van der Waals surface area contributed by atoms with E-state index in [0.29, 0.717) is 12.3 Å². The van der Waals surface area contributed by atoms with Crippen LogP contribution in [0.4, 0.5) is 4.39 Å². The molecule has 0 aliphatic carbocycles. The molecule has 46 heavy (non-hydrogen) atoms. The number of nitrogens with zero attached hydrogens (tertiary/aromatic N) is 2. The van der Waals surface area contributed by atoms with Crippen LogP contribution in [-0.4, -0.2) is 78.2 Å². The molecule has 3 aromatic carbocycles. The van der Waals surface area contributed by atoms with Crippen molar-refractivity contribution in [1.29, 1.82) is 0 Å². The van der Waals surface area contributed by atoms with Crippen LogP contribution in [0.3, 0.4) is 0 Å². The highest BCUT2D eigenvalue weighted by atomic mass is 35.5. The second-order valence-electron chi connectivity index (χ2n) is 12.6. The third kappa shape index (κ3) is 9.99. The maximum Gasteiger partial charge on any atom is 0.324 e. The van der Waals surface area contributed by atoms with Gasteiger partial charge in [0, 0.05) is 31.1 Å². The lowest BCUT2D eigenvalue weighted by atomic mass is 9.86. The summed E-state index contributed by atoms with van der Waals surface area (Å²) >= 11 is 6.06. The molecule has 0 amide bonds. The van der Waals surface area contributed by atoms with Crippen molar-refractivity contribution in [2.75, 3.05) is 32.7 Å². The molecule has 0 aromatic heterocycles. The summed E-state index contributed by atoms with van der Waals surface area (Å²) in [7, 11) is -4.02. The first-order chi connectivity index (χ1) is 21.7. The first-order valence-electron chi connectivity index (χ1n) is 15.6. The minimum absolute atomic E-state index is 0.0666. The summed E-state index contributed by atoms with van der Waals surface area (Å²) < 4.78 is 49.1. The second kappa shape index (κ2) is 15.7. The quantitative estimate of drug-likeness (QED) is 0.243. The first-order valence-corrected chi connectivity index (χ1v) is 17.5. The van der Waals surface area contributed by atoms with Crippen LogP contribution in [-0.2, 0) is 21.3 Å². The number of hydrogen-bond acceptors (Lipinski definition) is 6. The molecule has 3 aromatic rings. The fourth-order valence-electron chi connectivity index (χ4n) is 6.14. The highest BCUT2D eigenvalue weighted by molar-refractivity contribution is 7.85. The van der Waals surface area contributed by atoms with Gasteiger partial charge in [0.15, 0.2) is 0 Å². The predicted octanol–water partition coefficient (Wildman–Crippen LogP) is 6.67. The average molecular weight is 675 g/mol. The summed E-state index contributed by atoms with van der Waals surface area (Å²) in [6.45, 7) is 10.3. The summed E-state index contributed by atoms with van der Waals surface area (Å²) in [4.78, 5) is 16.8. The summed E-state index contributed by atoms with van der Waals surface area (Å²) in [5, 5.41) is 10.8. The Labute approximate surface area is 276 Å². The Balaban J connectivity index is 0.000000369. The lowest BCUT2D eigenvalue weighted by Gasteiger charge is -2.43. The van der Waals surface area contributed by atoms with E-state index in [1.165, 1.54) is 24.3 Å². The van der Waals surface area contributed by atoms with E-state index in [9.17, 15) is 22.7 Å². The van der Waals surface area contributed by atoms with Crippen LogP contribution in [0.15, 0.2) is 71.6 Å². The van der Waals surface area contributed by atoms with Gasteiger partial charge in [0.2, 0.25) is 0 Å². The molecule has 11 heteroatoms. The fraction of sp³-hybridized carbons (Fsp3) is 0.457. The molecule has 2 saturated heterocycles. The molecule has 0 unspecified atom stereocenters. The zero-order valence-corrected chi connectivity index (χ0v) is 28.2. The molecule has 8 nitrogen and oxygen atoms in total. The second-order valence-corrected chi connectivity index (χ2v) is 14.5. The minimum atomic E-state index is -4.02. The molecule has 5 rings (SSSR count). The lowest BCUT2D eigenvalue weighted by Crippen LogP contribution is -2.57. The number of carboxylic acids is 1. The normalized spacial score (nSPS) is 18.3. The van der Waals surface area contributed by atoms with Crippen LogP contribution in [0.1, 0.15) is 49.3 Å². The number of piperidine rings is 2. The molecular formula is C35H44ClFN2O6S. The number of halogens is 2. The number of ether oxygens (including phenoxy) is 1. The Kier molecular flexibility index (Phi) is 12.2. The van der Waals surface area contributed by atoms with E-state index < -0.39 is 21.6 Å². The number of rotatable bonds is 9. The minimum Gasteiger partial charge on any atom is -0.490 e. The van der Waals surface area contributed by atoms with E-state index in [1.807, 2.05) is 32.0 Å². The molecule has 0 saturated carbocycles. The number of carboxylic acid groups (broad SMARTS) is 1. The van der Waals surface area contributed by atoms with E-state index in [2.05, 4.69) is 9.80 Å². The van der Waals surface area contributed by atoms with E-state index in [-0.39, 0.29) is 16.8 Å². The Morgan fingerprint density at radius 1 is 0.957 bits per heavy atom. The Morgan fingerprint density at radius 3 is 2.11 bits per heavy atom. The van der Waals surface area contributed by atoms with E-state index >= 15 is 0 Å². The lowest BCUT2D eigenvalue weighted by molar-refractivity contribution is -0.151. The van der Waals surface area contributed by atoms with Crippen molar-refractivity contribution in [3.05, 3.63) is 94.3 Å². The molecule has 2 heterocycles. The smallest absolute Gasteiger partial charge is 0.324 e. The molecule has 250 valence electrons. The molecule has 2 fully saturated rings. The standard InChI is InChI=1S/C28H36ClFN2O3.C7H8O3S/c1-20-17-23(29)5-8-26(20)35-25-11-13-31(14-12-25)19-22-9-15-32(16-10-22)28(2,27(33)34)18-21-3-6-24(30)7-4-21;1-6-2-4-7(5-3-6)11(8,9)10/h3-8,17,22,25H,9-16,18-19H2,1-2H3,(H,33,34);2-5H,1H3,(H,8,9,10)/t28-;/m0./s1. The zero-order valence-electron chi connectivity index (χ0n) is 26.7. The van der Waals surface area contributed by atoms with Crippen LogP contribution in [0.25, 0.3) is 0 Å². The molecule has 0 spiro atoms. The van der Waals surface area contributed by atoms with Gasteiger partial charge in [-0.2, -0.15) is 8.42 Å². The van der Waals surface area contributed by atoms with Gasteiger partial charge >= 0.3 is 5.97 Å². The highest BCUT2D eigenvalue weighted by Gasteiger charge is 2.41. The molecular weight excluding hydrogens is 631 g/mol. The Bertz CT molecular complexity index is 1550. The largest absolute Gasteiger partial charge is 0.490 e. The number of carbonyl (C=O) groups is 1. The van der Waals surface area contributed by atoms with Gasteiger partial charge in [0.25, 0.3) is 10.1 Å². The van der Waals surface area contributed by atoms with E-state index in [1.54, 1.807) is 31.2 Å². The van der Waals surface area contributed by atoms with Crippen LogP contribution in [0, 0.1) is 25.6 Å². The topological polar surface area (TPSA) is 107 Å². The molecule has 2 N–H and O–H groups in total. The number of likely N-dealkylation sites (tertiary alicyclic amines) is 2. The van der Waals surface area contributed by atoms with Crippen molar-refractivity contribution in [1.82, 2.24) is 9.80 Å². The predicted molar refractivity (Wildman–Crippen MR) is 178 cm³/mol. The summed E-state index contributed by atoms with van der Waals surface area (Å²) in [6.07, 6.45) is 4.61. The van der Waals surface area contributed by atoms with Crippen LogP contribution in [0.5, 0.6) is 5.75 Å². The first kappa shape index (κ1) is 35.8. The third-order valence-electron chi connectivity index (χ3n) is 9.04. The summed E-state index contributed by atoms with van der Waals surface area (Å²) in [6, 6.07) is 17.9. The van der Waals surface area contributed by atoms with Gasteiger partial charge in [-0.1, -0.05) is 41.4 Å². The van der Waals surface area contributed by atoms with Gasteiger partial charge in [0.05, 0.1) is 4.90 Å². The summed E-state index contributed by atoms with van der Waals surface area (Å²) in [5.41, 5.74) is 1.88. The monoisotopic (exact) mass is 674 g/mol. The molecule has 0 radical (unpaired) electrons. The SMILES string of the molecule is Cc1cc(Cl)ccc1OC1CCN(CC2CCN([C@@](C)(Cc3ccc(F)cc3)C(=O)O)CC2)CC1.Cc1ccc(S(=O)(=O)O)cc1. The van der Waals surface area contributed by atoms with Crippen molar-refractivity contribution in [2.45, 2.75) is 69.4 Å². The molecule has 0 bridgehead atoms. The zero-order chi connectivity index (χ0) is 33.5. The van der Waals surface area contributed by atoms with Crippen molar-refractivity contribution in [3.63, 3.8) is 0 Å². The Hall–Kier alpha value is -3.02. The maximum absolute atomic E-state index is 13.3. The van der Waals surface area contributed by atoms with Crippen LogP contribution < -0.4 is 4.74 Å². The van der Waals surface area contributed by atoms with Crippen LogP contribution >= 0.6 is 11.6 Å². The third-order valence-corrected chi connectivity index (χ3v) is 10.1. The van der Waals surface area contributed by atoms with E-state index in [0.717, 1.165) is 85.9 Å². The van der Waals surface area contributed by atoms with Crippen molar-refractivity contribution in [2.24, 2.45) is 5.92 Å². The van der Waals surface area contributed by atoms with Gasteiger partial charge < -0.3 is 14.7 Å². The average Bonchev–Trinajstić information content (AvgIpc) is 3.01. The maximum atomic E-state index is 13.3. The number of hydrogen-bond donors (Lipinski definition) is 2. The van der Waals surface area contributed by atoms with E-state index in [4.69, 9.17) is 20.9 Å². The van der Waals surface area contributed by atoms with Crippen molar-refractivity contribution in [3.8, 4) is 5.75 Å². The van der Waals surface area contributed by atoms with Crippen LogP contribution in [0.2, 0.25) is 5.02 Å². The van der Waals surface area contributed by atoms with Gasteiger partial charge in [-0.15, -0.1) is 0 Å². The Morgan fingerprint density at radius 2 is 1.57 bits per heavy atom. The molecule has 2 aliphatic rings. The van der Waals surface area contributed by atoms with Gasteiger partial charge in [-0.25, -0.2) is 4.39 Å². The van der Waals surface area contributed by atoms with Crippen molar-refractivity contribution >= 4 is 27.7 Å². The summed E-state index contributed by atoms with van der Waals surface area (Å²) in [5.74, 6) is 0.369. The highest BCUT2D eigenvalue weighted by Crippen LogP contribution is 2.30. The number of aryl methyl sites for hydroxylation is 2. The molecule has 2 aliphatic heterocycles. The fourth-order valence-corrected chi connectivity index (χ4v) is 6.85.